The number of halogens is 1. The Balaban J connectivity index is 2.19. The average molecular weight is 338 g/mol. The number of aryl methyl sites for hydroxylation is 1. The summed E-state index contributed by atoms with van der Waals surface area (Å²) in [6.45, 7) is 1.92. The van der Waals surface area contributed by atoms with E-state index in [1.807, 2.05) is 31.2 Å². The van der Waals surface area contributed by atoms with Crippen molar-refractivity contribution in [1.29, 1.82) is 0 Å². The van der Waals surface area contributed by atoms with E-state index in [9.17, 15) is 0 Å². The Morgan fingerprint density at radius 2 is 1.96 bits per heavy atom. The maximum absolute atomic E-state index is 6.39. The van der Waals surface area contributed by atoms with Gasteiger partial charge in [0.25, 0.3) is 0 Å². The fourth-order valence-corrected chi connectivity index (χ4v) is 2.58. The molecule has 3 aromatic rings. The van der Waals surface area contributed by atoms with Gasteiger partial charge in [-0.1, -0.05) is 11.6 Å². The van der Waals surface area contributed by atoms with E-state index in [-0.39, 0.29) is 0 Å². The normalized spacial score (nSPS) is 12.6. The summed E-state index contributed by atoms with van der Waals surface area (Å²) in [6, 6.07) is 9.26. The molecule has 5 nitrogen and oxygen atoms in total. The number of rotatable bonds is 3. The second-order valence-corrected chi connectivity index (χ2v) is 5.68. The van der Waals surface area contributed by atoms with Crippen LogP contribution in [-0.4, -0.2) is 28.2 Å². The van der Waals surface area contributed by atoms with E-state index < -0.39 is 0 Å². The number of fused-ring (bicyclic) bond motifs is 1. The van der Waals surface area contributed by atoms with Crippen molar-refractivity contribution in [2.24, 2.45) is 10.7 Å². The molecule has 0 bridgehead atoms. The smallest absolute Gasteiger partial charge is 0.129 e. The van der Waals surface area contributed by atoms with Gasteiger partial charge in [0.2, 0.25) is 0 Å². The van der Waals surface area contributed by atoms with Crippen LogP contribution in [0.4, 0.5) is 0 Å². The van der Waals surface area contributed by atoms with Gasteiger partial charge in [0.05, 0.1) is 11.0 Å². The van der Waals surface area contributed by atoms with Crippen molar-refractivity contribution in [2.45, 2.75) is 6.92 Å². The van der Waals surface area contributed by atoms with Crippen molar-refractivity contribution in [3.05, 3.63) is 64.7 Å². The minimum Gasteiger partial charge on any atom is -0.398 e. The number of pyridine rings is 3. The first kappa shape index (κ1) is 16.1. The van der Waals surface area contributed by atoms with E-state index in [0.717, 1.165) is 27.9 Å². The van der Waals surface area contributed by atoms with Crippen LogP contribution in [0.5, 0.6) is 0 Å². The van der Waals surface area contributed by atoms with Crippen LogP contribution in [-0.2, 0) is 0 Å². The van der Waals surface area contributed by atoms with Crippen LogP contribution in [0.3, 0.4) is 0 Å². The number of hydrogen-bond acceptors (Lipinski definition) is 5. The van der Waals surface area contributed by atoms with Crippen LogP contribution in [0, 0.1) is 6.92 Å². The van der Waals surface area contributed by atoms with Crippen molar-refractivity contribution >= 4 is 40.1 Å². The molecule has 3 aromatic heterocycles. The van der Waals surface area contributed by atoms with Crippen molar-refractivity contribution in [2.75, 3.05) is 7.05 Å². The number of nitrogens with two attached hydrogens (primary N) is 1. The molecule has 0 aliphatic rings. The van der Waals surface area contributed by atoms with Gasteiger partial charge in [0.15, 0.2) is 0 Å². The molecular weight excluding hydrogens is 322 g/mol. The van der Waals surface area contributed by atoms with Gasteiger partial charge in [-0.05, 0) is 37.3 Å². The first-order chi connectivity index (χ1) is 11.6. The van der Waals surface area contributed by atoms with Crippen molar-refractivity contribution in [1.82, 2.24) is 15.0 Å². The molecule has 3 heterocycles. The minimum absolute atomic E-state index is 0.425. The van der Waals surface area contributed by atoms with E-state index >= 15 is 0 Å². The van der Waals surface area contributed by atoms with E-state index in [0.29, 0.717) is 16.4 Å². The first-order valence-electron chi connectivity index (χ1n) is 7.36. The lowest BCUT2D eigenvalue weighted by Crippen LogP contribution is -2.04. The lowest BCUT2D eigenvalue weighted by Gasteiger charge is -2.10. The molecule has 0 aromatic carbocycles. The van der Waals surface area contributed by atoms with Crippen molar-refractivity contribution in [3.63, 3.8) is 0 Å². The summed E-state index contributed by atoms with van der Waals surface area (Å²) in [7, 11) is 1.70. The molecule has 2 N–H and O–H groups in total. The molecule has 0 unspecified atom stereocenters. The Hall–Kier alpha value is -2.79. The first-order valence-corrected chi connectivity index (χ1v) is 7.74. The number of hydrogen-bond donors (Lipinski definition) is 1. The molecule has 0 saturated carbocycles. The van der Waals surface area contributed by atoms with Gasteiger partial charge in [-0.3, -0.25) is 15.0 Å². The van der Waals surface area contributed by atoms with Crippen LogP contribution in [0.15, 0.2) is 47.7 Å². The summed E-state index contributed by atoms with van der Waals surface area (Å²) in [5.41, 5.74) is 11.9. The lowest BCUT2D eigenvalue weighted by molar-refractivity contribution is 1.19. The summed E-state index contributed by atoms with van der Waals surface area (Å²) in [6.07, 6.45) is 5.21. The van der Waals surface area contributed by atoms with Crippen molar-refractivity contribution in [3.8, 4) is 0 Å². The molecule has 120 valence electrons. The van der Waals surface area contributed by atoms with Gasteiger partial charge in [-0.15, -0.1) is 0 Å². The third kappa shape index (κ3) is 3.26. The second kappa shape index (κ2) is 6.76. The Bertz CT molecular complexity index is 963. The Labute approximate surface area is 145 Å². The van der Waals surface area contributed by atoms with Gasteiger partial charge in [0, 0.05) is 53.7 Å². The Morgan fingerprint density at radius 1 is 1.12 bits per heavy atom. The third-order valence-electron chi connectivity index (χ3n) is 3.57. The highest BCUT2D eigenvalue weighted by Gasteiger charge is 2.10. The topological polar surface area (TPSA) is 77.0 Å². The molecule has 24 heavy (non-hydrogen) atoms. The summed E-state index contributed by atoms with van der Waals surface area (Å²) in [4.78, 5) is 17.1. The SMILES string of the molecule is CN=CC(=C(N)c1ccnc(C)c1)c1cnc2ccc(Cl)nc2c1. The van der Waals surface area contributed by atoms with E-state index in [4.69, 9.17) is 17.3 Å². The lowest BCUT2D eigenvalue weighted by atomic mass is 10.0. The minimum atomic E-state index is 0.425. The summed E-state index contributed by atoms with van der Waals surface area (Å²) < 4.78 is 0. The van der Waals surface area contributed by atoms with Crippen LogP contribution in [0.25, 0.3) is 22.3 Å². The maximum atomic E-state index is 6.39. The highest BCUT2D eigenvalue weighted by atomic mass is 35.5. The summed E-state index contributed by atoms with van der Waals surface area (Å²) in [5, 5.41) is 0.425. The fraction of sp³-hybridized carbons (Fsp3) is 0.111. The number of allylic oxidation sites excluding steroid dienone is 1. The molecule has 3 rings (SSSR count). The van der Waals surface area contributed by atoms with Gasteiger partial charge < -0.3 is 5.73 Å². The zero-order chi connectivity index (χ0) is 17.1. The summed E-state index contributed by atoms with van der Waals surface area (Å²) in [5.74, 6) is 0. The van der Waals surface area contributed by atoms with E-state index in [1.54, 1.807) is 31.7 Å². The molecule has 0 amide bonds. The highest BCUT2D eigenvalue weighted by Crippen LogP contribution is 2.24. The molecule has 0 radical (unpaired) electrons. The molecule has 6 heteroatoms. The van der Waals surface area contributed by atoms with Gasteiger partial charge in [-0.2, -0.15) is 0 Å². The molecule has 0 fully saturated rings. The molecule has 0 saturated heterocycles. The zero-order valence-corrected chi connectivity index (χ0v) is 14.1. The number of aliphatic imine (C=N–C) groups is 1. The summed E-state index contributed by atoms with van der Waals surface area (Å²) >= 11 is 5.98. The molecular formula is C18H16ClN5. The highest BCUT2D eigenvalue weighted by molar-refractivity contribution is 6.29. The monoisotopic (exact) mass is 337 g/mol. The van der Waals surface area contributed by atoms with E-state index in [2.05, 4.69) is 19.9 Å². The number of nitrogens with zero attached hydrogens (tertiary/aromatic N) is 4. The standard InChI is InChI=1S/C18H16ClN5/c1-11-7-12(5-6-22-11)18(20)14(10-21-2)13-8-16-15(23-9-13)3-4-17(19)24-16/h3-10H,20H2,1-2H3. The van der Waals surface area contributed by atoms with Crippen LogP contribution in [0.1, 0.15) is 16.8 Å². The van der Waals surface area contributed by atoms with Gasteiger partial charge in [-0.25, -0.2) is 4.98 Å². The van der Waals surface area contributed by atoms with Gasteiger partial charge >= 0.3 is 0 Å². The van der Waals surface area contributed by atoms with Crippen molar-refractivity contribution < 1.29 is 0 Å². The van der Waals surface area contributed by atoms with Crippen LogP contribution < -0.4 is 5.73 Å². The largest absolute Gasteiger partial charge is 0.398 e. The third-order valence-corrected chi connectivity index (χ3v) is 3.78. The van der Waals surface area contributed by atoms with Crippen LogP contribution >= 0.6 is 11.6 Å². The quantitative estimate of drug-likeness (QED) is 0.586. The fourth-order valence-electron chi connectivity index (χ4n) is 2.43. The maximum Gasteiger partial charge on any atom is 0.129 e. The van der Waals surface area contributed by atoms with E-state index in [1.165, 1.54) is 0 Å². The Morgan fingerprint density at radius 3 is 2.71 bits per heavy atom. The van der Waals surface area contributed by atoms with Gasteiger partial charge in [0.1, 0.15) is 5.15 Å². The predicted octanol–water partition coefficient (Wildman–Crippen LogP) is 3.51. The molecule has 0 atom stereocenters. The Kier molecular flexibility index (Phi) is 4.53. The molecule has 0 aliphatic carbocycles. The number of aromatic nitrogens is 3. The predicted molar refractivity (Wildman–Crippen MR) is 98.9 cm³/mol. The van der Waals surface area contributed by atoms with Crippen LogP contribution in [0.2, 0.25) is 5.15 Å². The zero-order valence-electron chi connectivity index (χ0n) is 13.4. The second-order valence-electron chi connectivity index (χ2n) is 5.30. The molecule has 0 aliphatic heterocycles. The average Bonchev–Trinajstić information content (AvgIpc) is 2.58. The molecule has 0 spiro atoms.